The molecule has 18 heavy (non-hydrogen) atoms. The SMILES string of the molecule is COC(=O)c1cccnc1NCCc1ccsc1. The molecule has 1 N–H and O–H groups in total. The molecule has 0 amide bonds. The van der Waals surface area contributed by atoms with Crippen molar-refractivity contribution < 1.29 is 9.53 Å². The van der Waals surface area contributed by atoms with Crippen LogP contribution in [0.2, 0.25) is 0 Å². The number of nitrogens with zero attached hydrogens (tertiary/aromatic N) is 1. The van der Waals surface area contributed by atoms with Crippen LogP contribution in [0.4, 0.5) is 5.82 Å². The minimum Gasteiger partial charge on any atom is -0.465 e. The molecule has 0 atom stereocenters. The summed E-state index contributed by atoms with van der Waals surface area (Å²) in [6.07, 6.45) is 2.56. The summed E-state index contributed by atoms with van der Waals surface area (Å²) in [7, 11) is 1.37. The molecule has 0 spiro atoms. The third-order valence-corrected chi connectivity index (χ3v) is 3.23. The number of pyridine rings is 1. The molecule has 0 aromatic carbocycles. The Hall–Kier alpha value is -1.88. The minimum absolute atomic E-state index is 0.374. The highest BCUT2D eigenvalue weighted by atomic mass is 32.1. The zero-order valence-corrected chi connectivity index (χ0v) is 10.9. The van der Waals surface area contributed by atoms with E-state index in [1.54, 1.807) is 29.7 Å². The van der Waals surface area contributed by atoms with Gasteiger partial charge in [0.05, 0.1) is 7.11 Å². The average molecular weight is 262 g/mol. The molecule has 0 unspecified atom stereocenters. The van der Waals surface area contributed by atoms with Crippen LogP contribution >= 0.6 is 11.3 Å². The number of aromatic nitrogens is 1. The molecule has 0 fully saturated rings. The van der Waals surface area contributed by atoms with E-state index >= 15 is 0 Å². The molecule has 2 aromatic heterocycles. The lowest BCUT2D eigenvalue weighted by atomic mass is 10.2. The van der Waals surface area contributed by atoms with Crippen LogP contribution in [0.3, 0.4) is 0 Å². The topological polar surface area (TPSA) is 51.2 Å². The summed E-state index contributed by atoms with van der Waals surface area (Å²) >= 11 is 1.68. The van der Waals surface area contributed by atoms with Crippen molar-refractivity contribution in [3.63, 3.8) is 0 Å². The second-order valence-corrected chi connectivity index (χ2v) is 4.48. The Morgan fingerprint density at radius 3 is 3.11 bits per heavy atom. The second kappa shape index (κ2) is 6.16. The molecular formula is C13H14N2O2S. The fourth-order valence-corrected chi connectivity index (χ4v) is 2.28. The third kappa shape index (κ3) is 3.07. The van der Waals surface area contributed by atoms with Gasteiger partial charge in [-0.3, -0.25) is 0 Å². The van der Waals surface area contributed by atoms with E-state index in [0.717, 1.165) is 13.0 Å². The Labute approximate surface area is 110 Å². The Morgan fingerprint density at radius 1 is 1.50 bits per heavy atom. The molecule has 0 saturated carbocycles. The lowest BCUT2D eigenvalue weighted by molar-refractivity contribution is 0.0601. The van der Waals surface area contributed by atoms with Gasteiger partial charge in [-0.15, -0.1) is 0 Å². The molecule has 0 aliphatic carbocycles. The van der Waals surface area contributed by atoms with E-state index in [0.29, 0.717) is 11.4 Å². The van der Waals surface area contributed by atoms with Gasteiger partial charge in [-0.25, -0.2) is 9.78 Å². The Balaban J connectivity index is 1.98. The maximum Gasteiger partial charge on any atom is 0.341 e. The van der Waals surface area contributed by atoms with Crippen LogP contribution in [0.5, 0.6) is 0 Å². The van der Waals surface area contributed by atoms with E-state index in [1.807, 2.05) is 0 Å². The number of carbonyl (C=O) groups excluding carboxylic acids is 1. The maximum absolute atomic E-state index is 11.5. The highest BCUT2D eigenvalue weighted by Crippen LogP contribution is 2.13. The van der Waals surface area contributed by atoms with E-state index < -0.39 is 0 Å². The number of thiophene rings is 1. The van der Waals surface area contributed by atoms with E-state index in [1.165, 1.54) is 12.7 Å². The summed E-state index contributed by atoms with van der Waals surface area (Å²) in [5.74, 6) is 0.195. The van der Waals surface area contributed by atoms with E-state index in [-0.39, 0.29) is 5.97 Å². The molecule has 0 aliphatic heterocycles. The fourth-order valence-electron chi connectivity index (χ4n) is 1.58. The van der Waals surface area contributed by atoms with Gasteiger partial charge >= 0.3 is 5.97 Å². The summed E-state index contributed by atoms with van der Waals surface area (Å²) in [5.41, 5.74) is 1.74. The van der Waals surface area contributed by atoms with Crippen LogP contribution < -0.4 is 5.32 Å². The number of rotatable bonds is 5. The summed E-state index contributed by atoms with van der Waals surface area (Å²) in [5, 5.41) is 7.32. The lowest BCUT2D eigenvalue weighted by Gasteiger charge is -2.08. The zero-order chi connectivity index (χ0) is 12.8. The smallest absolute Gasteiger partial charge is 0.341 e. The zero-order valence-electron chi connectivity index (χ0n) is 10.1. The molecular weight excluding hydrogens is 248 g/mol. The Kier molecular flexibility index (Phi) is 4.30. The van der Waals surface area contributed by atoms with Gasteiger partial charge < -0.3 is 10.1 Å². The quantitative estimate of drug-likeness (QED) is 0.841. The largest absolute Gasteiger partial charge is 0.465 e. The monoisotopic (exact) mass is 262 g/mol. The van der Waals surface area contributed by atoms with E-state index in [2.05, 4.69) is 27.1 Å². The van der Waals surface area contributed by atoms with Crippen molar-refractivity contribution in [2.45, 2.75) is 6.42 Å². The normalized spacial score (nSPS) is 10.1. The number of anilines is 1. The molecule has 2 rings (SSSR count). The number of hydrogen-bond acceptors (Lipinski definition) is 5. The Bertz CT molecular complexity index is 511. The van der Waals surface area contributed by atoms with Gasteiger partial charge in [0.1, 0.15) is 11.4 Å². The summed E-state index contributed by atoms with van der Waals surface area (Å²) in [6.45, 7) is 0.734. The number of esters is 1. The Morgan fingerprint density at radius 2 is 2.39 bits per heavy atom. The highest BCUT2D eigenvalue weighted by molar-refractivity contribution is 7.07. The van der Waals surface area contributed by atoms with E-state index in [9.17, 15) is 4.79 Å². The van der Waals surface area contributed by atoms with Crippen molar-refractivity contribution >= 4 is 23.1 Å². The third-order valence-electron chi connectivity index (χ3n) is 2.50. The first-order valence-electron chi connectivity index (χ1n) is 5.59. The summed E-state index contributed by atoms with van der Waals surface area (Å²) in [4.78, 5) is 15.7. The van der Waals surface area contributed by atoms with Crippen LogP contribution in [-0.2, 0) is 11.2 Å². The lowest BCUT2D eigenvalue weighted by Crippen LogP contribution is -2.11. The van der Waals surface area contributed by atoms with Crippen molar-refractivity contribution in [1.82, 2.24) is 4.98 Å². The number of methoxy groups -OCH3 is 1. The second-order valence-electron chi connectivity index (χ2n) is 3.70. The van der Waals surface area contributed by atoms with Crippen molar-refractivity contribution in [2.75, 3.05) is 19.0 Å². The van der Waals surface area contributed by atoms with Crippen LogP contribution in [0.1, 0.15) is 15.9 Å². The number of ether oxygens (including phenoxy) is 1. The number of hydrogen-bond donors (Lipinski definition) is 1. The molecule has 0 saturated heterocycles. The fraction of sp³-hybridized carbons (Fsp3) is 0.231. The number of carbonyl (C=O) groups is 1. The van der Waals surface area contributed by atoms with E-state index in [4.69, 9.17) is 4.74 Å². The molecule has 5 heteroatoms. The summed E-state index contributed by atoms with van der Waals surface area (Å²) in [6, 6.07) is 5.51. The van der Waals surface area contributed by atoms with Crippen LogP contribution in [0.15, 0.2) is 35.2 Å². The predicted octanol–water partition coefficient (Wildman–Crippen LogP) is 2.58. The van der Waals surface area contributed by atoms with Gasteiger partial charge in [0.25, 0.3) is 0 Å². The molecule has 94 valence electrons. The van der Waals surface area contributed by atoms with Crippen molar-refractivity contribution in [2.24, 2.45) is 0 Å². The van der Waals surface area contributed by atoms with Crippen molar-refractivity contribution in [3.05, 3.63) is 46.3 Å². The molecule has 0 bridgehead atoms. The van der Waals surface area contributed by atoms with Crippen LogP contribution in [-0.4, -0.2) is 24.6 Å². The predicted molar refractivity (Wildman–Crippen MR) is 72.1 cm³/mol. The van der Waals surface area contributed by atoms with Gasteiger partial charge in [-0.05, 0) is 40.9 Å². The molecule has 4 nitrogen and oxygen atoms in total. The first-order chi connectivity index (χ1) is 8.81. The van der Waals surface area contributed by atoms with Gasteiger partial charge in [0.2, 0.25) is 0 Å². The molecule has 0 radical (unpaired) electrons. The van der Waals surface area contributed by atoms with Gasteiger partial charge in [0.15, 0.2) is 0 Å². The first kappa shape index (κ1) is 12.6. The average Bonchev–Trinajstić information content (AvgIpc) is 2.92. The van der Waals surface area contributed by atoms with Crippen molar-refractivity contribution in [1.29, 1.82) is 0 Å². The molecule has 2 heterocycles. The molecule has 0 aliphatic rings. The standard InChI is InChI=1S/C13H14N2O2S/c1-17-13(16)11-3-2-6-14-12(11)15-7-4-10-5-8-18-9-10/h2-3,5-6,8-9H,4,7H2,1H3,(H,14,15). The maximum atomic E-state index is 11.5. The minimum atomic E-state index is -0.374. The van der Waals surface area contributed by atoms with Crippen LogP contribution in [0, 0.1) is 0 Å². The highest BCUT2D eigenvalue weighted by Gasteiger charge is 2.11. The van der Waals surface area contributed by atoms with Gasteiger partial charge in [0, 0.05) is 12.7 Å². The molecule has 2 aromatic rings. The summed E-state index contributed by atoms with van der Waals surface area (Å²) < 4.78 is 4.71. The van der Waals surface area contributed by atoms with Gasteiger partial charge in [-0.1, -0.05) is 0 Å². The van der Waals surface area contributed by atoms with Crippen molar-refractivity contribution in [3.8, 4) is 0 Å². The first-order valence-corrected chi connectivity index (χ1v) is 6.54. The van der Waals surface area contributed by atoms with Crippen LogP contribution in [0.25, 0.3) is 0 Å². The number of nitrogens with one attached hydrogen (secondary N) is 1. The van der Waals surface area contributed by atoms with Gasteiger partial charge in [-0.2, -0.15) is 11.3 Å².